The van der Waals surface area contributed by atoms with E-state index in [2.05, 4.69) is 31.7 Å². The predicted molar refractivity (Wildman–Crippen MR) is 404 cm³/mol. The van der Waals surface area contributed by atoms with E-state index in [9.17, 15) is 82.4 Å². The summed E-state index contributed by atoms with van der Waals surface area (Å²) in [5.41, 5.74) is 15.8. The Morgan fingerprint density at radius 2 is 1.05 bits per heavy atom. The van der Waals surface area contributed by atoms with Crippen LogP contribution in [0.1, 0.15) is 145 Å². The summed E-state index contributed by atoms with van der Waals surface area (Å²) in [7, 11) is 0. The van der Waals surface area contributed by atoms with Crippen LogP contribution in [-0.2, 0) is 47.9 Å². The number of amides is 5. The van der Waals surface area contributed by atoms with Gasteiger partial charge in [0.15, 0.2) is 11.6 Å². The number of hydrogen-bond donors (Lipinski definition) is 12. The molecule has 14 N–H and O–H groups in total. The van der Waals surface area contributed by atoms with Gasteiger partial charge in [0.1, 0.15) is 23.7 Å². The van der Waals surface area contributed by atoms with Crippen molar-refractivity contribution in [2.24, 2.45) is 17.6 Å². The summed E-state index contributed by atoms with van der Waals surface area (Å²) in [6.45, 7) is 2.12. The summed E-state index contributed by atoms with van der Waals surface area (Å²) in [5.74, 6) is -14.4. The number of nitrogens with one attached hydrogen (secondary N) is 5. The minimum absolute atomic E-state index is 0. The number of hydrogen-bond acceptors (Lipinski definition) is 15. The zero-order valence-corrected chi connectivity index (χ0v) is 61.3. The second-order valence-electron chi connectivity index (χ2n) is 21.1. The number of Topliss-reactive ketones (excluding diaryl/α,β-unsaturated/α-hetero) is 2. The number of nitrogen functional groups attached to an aromatic ring is 1. The first-order chi connectivity index (χ1) is 40.8. The Kier molecular flexibility index (Phi) is 54.9. The Bertz CT molecular complexity index is 3120. The number of aliphatic carboxylic acids is 5. The van der Waals surface area contributed by atoms with E-state index >= 15 is 0 Å². The summed E-state index contributed by atoms with van der Waals surface area (Å²) in [4.78, 5) is 147. The number of halogens is 1. The van der Waals surface area contributed by atoms with Crippen LogP contribution in [0.4, 0.5) is 26.4 Å². The molecule has 0 bridgehead atoms. The van der Waals surface area contributed by atoms with Crippen molar-refractivity contribution in [3.63, 3.8) is 0 Å². The molecule has 4 aromatic rings. The highest BCUT2D eigenvalue weighted by atomic mass is 32.1. The third-order valence-corrected chi connectivity index (χ3v) is 14.2. The van der Waals surface area contributed by atoms with Crippen molar-refractivity contribution in [3.05, 3.63) is 72.0 Å². The zero-order chi connectivity index (χ0) is 63.5. The molecule has 0 saturated carbocycles. The van der Waals surface area contributed by atoms with Gasteiger partial charge in [-0.3, -0.25) is 43.2 Å². The van der Waals surface area contributed by atoms with Gasteiger partial charge in [0.25, 0.3) is 0 Å². The number of carbonyl (C=O) groups is 12. The molecule has 26 nitrogen and oxygen atoms in total. The van der Waals surface area contributed by atoms with Crippen LogP contribution in [-0.4, -0.2) is 131 Å². The molecule has 0 unspecified atom stereocenters. The minimum Gasteiger partial charge on any atom is -0.481 e. The van der Waals surface area contributed by atoms with Crippen molar-refractivity contribution in [2.45, 2.75) is 160 Å². The van der Waals surface area contributed by atoms with E-state index in [1.807, 2.05) is 12.1 Å². The fraction of sp³-hybridized carbons (Fsp3) is 0.475. The number of aryl methyl sites for hydroxylation is 1. The van der Waals surface area contributed by atoms with Gasteiger partial charge in [0.2, 0.25) is 23.6 Å². The van der Waals surface area contributed by atoms with Gasteiger partial charge >= 0.3 is 35.9 Å². The molecule has 1 aromatic heterocycles. The summed E-state index contributed by atoms with van der Waals surface area (Å²) in [6.07, 6.45) is 2.57. The number of nitrogens with zero attached hydrogens (tertiary/aromatic N) is 2. The quantitative estimate of drug-likeness (QED) is 0.0193. The molecule has 0 aliphatic heterocycles. The highest BCUT2D eigenvalue weighted by Gasteiger charge is 2.30. The molecular weight excluding hydrogens is 1410 g/mol. The molecule has 3 aromatic carbocycles. The van der Waals surface area contributed by atoms with Crippen molar-refractivity contribution < 1.29 is 87.5 Å². The van der Waals surface area contributed by atoms with Crippen LogP contribution >= 0.6 is 121 Å². The lowest BCUT2D eigenvalue weighted by Crippen LogP contribution is -2.41. The number of aromatic nitrogens is 2. The van der Waals surface area contributed by atoms with Crippen LogP contribution in [0.25, 0.3) is 22.0 Å². The van der Waals surface area contributed by atoms with Crippen LogP contribution in [0.15, 0.2) is 60.7 Å². The summed E-state index contributed by atoms with van der Waals surface area (Å²) < 4.78 is 15.5. The third kappa shape index (κ3) is 36.3. The van der Waals surface area contributed by atoms with E-state index in [1.54, 1.807) is 43.3 Å². The fourth-order valence-electron chi connectivity index (χ4n) is 9.37. The lowest BCUT2D eigenvalue weighted by molar-refractivity contribution is -0.145. The number of unbranched alkanes of at least 4 members (excludes halogenated alkanes) is 8. The Morgan fingerprint density at radius 1 is 0.547 bits per heavy atom. The van der Waals surface area contributed by atoms with Gasteiger partial charge in [-0.05, 0) is 92.5 Å². The number of benzene rings is 3. The molecule has 4 rings (SSSR count). The van der Waals surface area contributed by atoms with Gasteiger partial charge in [-0.1, -0.05) is 75.3 Å². The number of rotatable bonds is 40. The number of fused-ring (bicyclic) bond motifs is 1. The number of anilines is 3. The van der Waals surface area contributed by atoms with Crippen LogP contribution < -0.4 is 38.1 Å². The van der Waals surface area contributed by atoms with Crippen molar-refractivity contribution in [1.29, 1.82) is 0 Å². The second kappa shape index (κ2) is 52.2. The highest BCUT2D eigenvalue weighted by molar-refractivity contribution is 7.60. The van der Waals surface area contributed by atoms with E-state index < -0.39 is 172 Å². The summed E-state index contributed by atoms with van der Waals surface area (Å²) >= 11 is 0. The van der Waals surface area contributed by atoms with Crippen molar-refractivity contribution in [3.8, 4) is 11.1 Å². The molecule has 5 amide bonds. The summed E-state index contributed by atoms with van der Waals surface area (Å²) in [6, 6.07) is 11.8. The van der Waals surface area contributed by atoms with Gasteiger partial charge in [-0.15, -0.1) is 5.10 Å². The Hall–Kier alpha value is -5.99. The van der Waals surface area contributed by atoms with Gasteiger partial charge < -0.3 is 63.6 Å². The van der Waals surface area contributed by atoms with E-state index in [4.69, 9.17) is 16.6 Å². The molecule has 0 aliphatic carbocycles. The molecule has 0 spiro atoms. The molecule has 0 fully saturated rings. The van der Waals surface area contributed by atoms with E-state index in [-0.39, 0.29) is 145 Å². The molecule has 0 aliphatic rings. The van der Waals surface area contributed by atoms with E-state index in [1.165, 1.54) is 16.8 Å². The first-order valence-electron chi connectivity index (χ1n) is 28.4. The standard InChI is InChI=1S/C59H76FN9O17.9H2S/c1-34-15-23-41(60)45(30-34)67-59(86)64-38-20-16-35(17-21-38)40-12-11-13-46-53(40)54(62)68-69(46)51(75)14-9-7-5-3-2-4-6-8-10-29-63-50(74)33-42(61)47(71)32-37(56(80)81)19-27-49(73)65-43(57(82)83)24-22-39(70)31-36(55(78)79)18-26-48(72)66-44(58(84)85)25-28-52(76)77;;;;;;;;;/h11-13,15-17,20-21,23,30,36-37,42-44H,2-10,14,18-19,22,24-29,31-33,61H2,1H3,(H2,62,68)(H,63,74)(H,65,73)(H,66,72)(H,76,77)(H,78,79)(H,80,81)(H,82,83)(H,84,85)(H2,64,67,86);9*1H2/t36-,37-,42+,43+,44+;;;;;;;;;/m1........./s1. The lowest BCUT2D eigenvalue weighted by Gasteiger charge is -2.17. The monoisotopic (exact) mass is 1510 g/mol. The average Bonchev–Trinajstić information content (AvgIpc) is 1.65. The number of nitrogens with two attached hydrogens (primary N) is 2. The van der Waals surface area contributed by atoms with Crippen LogP contribution in [0.3, 0.4) is 0 Å². The van der Waals surface area contributed by atoms with Gasteiger partial charge in [0.05, 0.1) is 34.5 Å². The normalized spacial score (nSPS) is 11.6. The van der Waals surface area contributed by atoms with Crippen LogP contribution in [0, 0.1) is 24.6 Å². The van der Waals surface area contributed by atoms with Gasteiger partial charge in [-0.25, -0.2) is 18.8 Å². The fourth-order valence-corrected chi connectivity index (χ4v) is 9.37. The van der Waals surface area contributed by atoms with Crippen LogP contribution in [0.5, 0.6) is 0 Å². The van der Waals surface area contributed by atoms with Gasteiger partial charge in [0, 0.05) is 63.6 Å². The predicted octanol–water partition coefficient (Wildman–Crippen LogP) is 7.43. The molecule has 0 radical (unpaired) electrons. The highest BCUT2D eigenvalue weighted by Crippen LogP contribution is 2.34. The van der Waals surface area contributed by atoms with Gasteiger partial charge in [-0.2, -0.15) is 126 Å². The third-order valence-electron chi connectivity index (χ3n) is 14.2. The number of carboxylic acids is 5. The molecule has 1 heterocycles. The number of ketones is 2. The number of carboxylic acid groups (broad SMARTS) is 5. The maximum atomic E-state index is 14.1. The first-order valence-corrected chi connectivity index (χ1v) is 28.4. The van der Waals surface area contributed by atoms with E-state index in [0.717, 1.165) is 61.6 Å². The first kappa shape index (κ1) is 100. The lowest BCUT2D eigenvalue weighted by atomic mass is 9.93. The molecule has 36 heteroatoms. The molecule has 0 saturated heterocycles. The SMILES string of the molecule is Cc1ccc(F)c(NC(=O)Nc2ccc(-c3cccc4c3c(N)nn4C(=O)CCCCCCCCCCCNC(=O)C[C@H](N)C(=O)C[C@@H](CCC(=O)N[C@@H](CCC(=O)C[C@@H](CCC(=O)N[C@@H](CCC(=O)O)C(=O)O)C(=O)O)C(=O)O)C(=O)O)cc2)c1.S.S.S.S.S.S.S.S.S. The Labute approximate surface area is 613 Å². The molecule has 95 heavy (non-hydrogen) atoms. The van der Waals surface area contributed by atoms with Crippen molar-refractivity contribution in [2.75, 3.05) is 22.9 Å². The summed E-state index contributed by atoms with van der Waals surface area (Å²) in [5, 5.41) is 64.2. The second-order valence-corrected chi connectivity index (χ2v) is 21.1. The topological polar surface area (TPSA) is 436 Å². The zero-order valence-electron chi connectivity index (χ0n) is 52.3. The largest absolute Gasteiger partial charge is 0.481 e. The maximum absolute atomic E-state index is 14.1. The smallest absolute Gasteiger partial charge is 0.326 e. The Balaban J connectivity index is -0.00000220. The van der Waals surface area contributed by atoms with Crippen LogP contribution in [0.2, 0.25) is 0 Å². The molecule has 538 valence electrons. The van der Waals surface area contributed by atoms with E-state index in [0.29, 0.717) is 36.0 Å². The molecular formula is C59H94FN9O17S9. The average molecular weight is 1510 g/mol. The van der Waals surface area contributed by atoms with Crippen molar-refractivity contribution in [1.82, 2.24) is 25.7 Å². The number of urea groups is 1. The van der Waals surface area contributed by atoms with Crippen molar-refractivity contribution >= 4 is 221 Å². The number of carbonyl (C=O) groups excluding carboxylic acids is 7. The molecule has 5 atom stereocenters. The Morgan fingerprint density at radius 3 is 1.57 bits per heavy atom. The maximum Gasteiger partial charge on any atom is 0.326 e. The minimum atomic E-state index is -1.64.